The van der Waals surface area contributed by atoms with Gasteiger partial charge in [-0.1, -0.05) is 81.8 Å². The van der Waals surface area contributed by atoms with Crippen molar-refractivity contribution >= 4 is 5.78 Å². The summed E-state index contributed by atoms with van der Waals surface area (Å²) in [5.41, 5.74) is 1.79. The van der Waals surface area contributed by atoms with E-state index in [9.17, 15) is 4.79 Å². The molecule has 1 nitrogen and oxygen atoms in total. The first-order valence-corrected chi connectivity index (χ1v) is 7.29. The van der Waals surface area contributed by atoms with Crippen molar-refractivity contribution in [2.24, 2.45) is 0 Å². The first-order valence-electron chi connectivity index (χ1n) is 7.29. The van der Waals surface area contributed by atoms with Gasteiger partial charge in [0.05, 0.1) is 0 Å². The monoisotopic (exact) mass is 270 g/mol. The third kappa shape index (κ3) is 8.25. The Balaban J connectivity index is 0.00000110. The number of benzene rings is 1. The van der Waals surface area contributed by atoms with Gasteiger partial charge in [-0.3, -0.25) is 4.79 Å². The number of carbonyl (C=O) groups excluding carboxylic acids is 1. The van der Waals surface area contributed by atoms with Crippen LogP contribution in [0.15, 0.2) is 66.3 Å². The zero-order chi connectivity index (χ0) is 15.2. The summed E-state index contributed by atoms with van der Waals surface area (Å²) in [5, 5.41) is 0. The van der Waals surface area contributed by atoms with Gasteiger partial charge >= 0.3 is 0 Å². The molecule has 0 radical (unpaired) electrons. The second kappa shape index (κ2) is 12.2. The van der Waals surface area contributed by atoms with Crippen LogP contribution in [0.1, 0.15) is 50.9 Å². The third-order valence-electron chi connectivity index (χ3n) is 2.28. The maximum atomic E-state index is 11.8. The molecular formula is C19H26O. The lowest BCUT2D eigenvalue weighted by molar-refractivity contribution is 0.104. The summed E-state index contributed by atoms with van der Waals surface area (Å²) >= 11 is 0. The van der Waals surface area contributed by atoms with Crippen LogP contribution in [0.3, 0.4) is 0 Å². The van der Waals surface area contributed by atoms with Crippen LogP contribution in [0.2, 0.25) is 0 Å². The van der Waals surface area contributed by atoms with Crippen molar-refractivity contribution in [3.8, 4) is 0 Å². The highest BCUT2D eigenvalue weighted by molar-refractivity contribution is 6.04. The standard InChI is InChI=1S/C16H18O.C3H8/c1-3-8-14(9-4-2)12-13-16(17)15-10-6-5-7-11-15;1-3-2/h3,5-13H,4H2,1-2H3;3H2,1-2H3/b8-3-,13-12+,14-9+;. The van der Waals surface area contributed by atoms with Gasteiger partial charge < -0.3 is 0 Å². The molecule has 1 aromatic carbocycles. The van der Waals surface area contributed by atoms with Crippen LogP contribution in [0.4, 0.5) is 0 Å². The van der Waals surface area contributed by atoms with Crippen LogP contribution in [0, 0.1) is 0 Å². The molecule has 0 bridgehead atoms. The lowest BCUT2D eigenvalue weighted by Gasteiger charge is -1.95. The molecule has 20 heavy (non-hydrogen) atoms. The zero-order valence-electron chi connectivity index (χ0n) is 13.1. The Kier molecular flexibility index (Phi) is 11.0. The zero-order valence-corrected chi connectivity index (χ0v) is 13.1. The van der Waals surface area contributed by atoms with Crippen molar-refractivity contribution < 1.29 is 4.79 Å². The molecule has 108 valence electrons. The summed E-state index contributed by atoms with van der Waals surface area (Å²) in [6.45, 7) is 8.30. The summed E-state index contributed by atoms with van der Waals surface area (Å²) in [6.07, 6.45) is 11.8. The van der Waals surface area contributed by atoms with Gasteiger partial charge in [0.15, 0.2) is 5.78 Å². The molecule has 0 aromatic heterocycles. The van der Waals surface area contributed by atoms with E-state index in [4.69, 9.17) is 0 Å². The number of carbonyl (C=O) groups is 1. The van der Waals surface area contributed by atoms with Crippen LogP contribution in [-0.2, 0) is 0 Å². The summed E-state index contributed by atoms with van der Waals surface area (Å²) < 4.78 is 0. The van der Waals surface area contributed by atoms with Crippen LogP contribution >= 0.6 is 0 Å². The molecule has 1 heteroatoms. The van der Waals surface area contributed by atoms with Gasteiger partial charge in [-0.25, -0.2) is 0 Å². The minimum Gasteiger partial charge on any atom is -0.289 e. The Hall–Kier alpha value is -1.89. The number of hydrogen-bond acceptors (Lipinski definition) is 1. The predicted octanol–water partition coefficient (Wildman–Crippen LogP) is 5.75. The molecule has 0 spiro atoms. The van der Waals surface area contributed by atoms with Gasteiger partial charge in [-0.05, 0) is 25.0 Å². The van der Waals surface area contributed by atoms with E-state index in [1.54, 1.807) is 6.08 Å². The molecule has 0 saturated carbocycles. The van der Waals surface area contributed by atoms with E-state index < -0.39 is 0 Å². The van der Waals surface area contributed by atoms with Gasteiger partial charge in [0, 0.05) is 5.56 Å². The fraction of sp³-hybridized carbons (Fsp3) is 0.316. The van der Waals surface area contributed by atoms with Gasteiger partial charge in [0.2, 0.25) is 0 Å². The molecule has 1 rings (SSSR count). The van der Waals surface area contributed by atoms with Gasteiger partial charge in [-0.2, -0.15) is 0 Å². The number of hydrogen-bond donors (Lipinski definition) is 0. The fourth-order valence-electron chi connectivity index (χ4n) is 1.49. The van der Waals surface area contributed by atoms with Crippen LogP contribution in [0.25, 0.3) is 0 Å². The van der Waals surface area contributed by atoms with E-state index in [2.05, 4.69) is 26.8 Å². The van der Waals surface area contributed by atoms with E-state index in [0.717, 1.165) is 17.6 Å². The highest BCUT2D eigenvalue weighted by atomic mass is 16.1. The normalized spacial score (nSPS) is 11.5. The van der Waals surface area contributed by atoms with Gasteiger partial charge in [-0.15, -0.1) is 0 Å². The third-order valence-corrected chi connectivity index (χ3v) is 2.28. The van der Waals surface area contributed by atoms with Gasteiger partial charge in [0.1, 0.15) is 0 Å². The first-order chi connectivity index (χ1) is 9.69. The lowest BCUT2D eigenvalue weighted by atomic mass is 10.1. The van der Waals surface area contributed by atoms with E-state index in [-0.39, 0.29) is 5.78 Å². The number of rotatable bonds is 5. The predicted molar refractivity (Wildman–Crippen MR) is 89.1 cm³/mol. The smallest absolute Gasteiger partial charge is 0.185 e. The van der Waals surface area contributed by atoms with E-state index in [1.165, 1.54) is 6.42 Å². The van der Waals surface area contributed by atoms with E-state index in [0.29, 0.717) is 0 Å². The highest BCUT2D eigenvalue weighted by Crippen LogP contribution is 2.05. The summed E-state index contributed by atoms with van der Waals surface area (Å²) in [6, 6.07) is 9.30. The van der Waals surface area contributed by atoms with Crippen molar-refractivity contribution in [2.75, 3.05) is 0 Å². The van der Waals surface area contributed by atoms with Crippen LogP contribution < -0.4 is 0 Å². The maximum Gasteiger partial charge on any atom is 0.185 e. The molecule has 1 aromatic rings. The summed E-state index contributed by atoms with van der Waals surface area (Å²) in [4.78, 5) is 11.8. The highest BCUT2D eigenvalue weighted by Gasteiger charge is 1.98. The van der Waals surface area contributed by atoms with Crippen molar-refractivity contribution in [1.82, 2.24) is 0 Å². The van der Waals surface area contributed by atoms with Crippen LogP contribution in [-0.4, -0.2) is 5.78 Å². The molecule has 0 fully saturated rings. The number of ketones is 1. The SMILES string of the molecule is CCC.C\C=C/C(/C=C/C(=O)c1ccccc1)=C\CC. The van der Waals surface area contributed by atoms with Crippen molar-refractivity contribution in [3.63, 3.8) is 0 Å². The maximum absolute atomic E-state index is 11.8. The Morgan fingerprint density at radius 3 is 2.10 bits per heavy atom. The van der Waals surface area contributed by atoms with Crippen molar-refractivity contribution in [3.05, 3.63) is 71.8 Å². The van der Waals surface area contributed by atoms with Crippen molar-refractivity contribution in [1.29, 1.82) is 0 Å². The summed E-state index contributed by atoms with van der Waals surface area (Å²) in [5.74, 6) is 0.0390. The summed E-state index contributed by atoms with van der Waals surface area (Å²) in [7, 11) is 0. The Labute approximate surface area is 123 Å². The molecular weight excluding hydrogens is 244 g/mol. The molecule has 0 atom stereocenters. The Bertz CT molecular complexity index is 450. The van der Waals surface area contributed by atoms with Crippen LogP contribution in [0.5, 0.6) is 0 Å². The second-order valence-electron chi connectivity index (χ2n) is 4.38. The molecule has 0 aliphatic carbocycles. The van der Waals surface area contributed by atoms with Crippen molar-refractivity contribution in [2.45, 2.75) is 40.5 Å². The molecule has 0 aliphatic rings. The van der Waals surface area contributed by atoms with Gasteiger partial charge in [0.25, 0.3) is 0 Å². The minimum absolute atomic E-state index is 0.0390. The Morgan fingerprint density at radius 1 is 1.00 bits per heavy atom. The fourth-order valence-corrected chi connectivity index (χ4v) is 1.49. The Morgan fingerprint density at radius 2 is 1.60 bits per heavy atom. The number of allylic oxidation sites excluding steroid dienone is 6. The molecule has 0 heterocycles. The average molecular weight is 270 g/mol. The molecule has 0 unspecified atom stereocenters. The molecule has 0 amide bonds. The van der Waals surface area contributed by atoms with E-state index in [1.807, 2.05) is 55.5 Å². The first kappa shape index (κ1) is 18.1. The molecule has 0 aliphatic heterocycles. The molecule has 0 saturated heterocycles. The largest absolute Gasteiger partial charge is 0.289 e. The minimum atomic E-state index is 0.0390. The topological polar surface area (TPSA) is 17.1 Å². The quantitative estimate of drug-likeness (QED) is 0.378. The average Bonchev–Trinajstić information content (AvgIpc) is 2.47. The van der Waals surface area contributed by atoms with E-state index >= 15 is 0 Å². The lowest BCUT2D eigenvalue weighted by Crippen LogP contribution is -1.93. The second-order valence-corrected chi connectivity index (χ2v) is 4.38. The molecule has 0 N–H and O–H groups in total.